The van der Waals surface area contributed by atoms with Crippen molar-refractivity contribution < 1.29 is 89.6 Å². The van der Waals surface area contributed by atoms with Crippen molar-refractivity contribution in [3.8, 4) is 0 Å². The van der Waals surface area contributed by atoms with E-state index in [9.17, 15) is 0 Å². The van der Waals surface area contributed by atoms with Crippen molar-refractivity contribution in [2.45, 2.75) is 0 Å². The predicted molar refractivity (Wildman–Crippen MR) is 12.3 cm³/mol. The summed E-state index contributed by atoms with van der Waals surface area (Å²) in [6.07, 6.45) is 0. The Bertz CT molecular complexity index is 325. The van der Waals surface area contributed by atoms with Crippen LogP contribution in [-0.4, -0.2) is 15.9 Å². The van der Waals surface area contributed by atoms with Gasteiger partial charge in [-0.15, -0.1) is 0 Å². The molecule has 4 N–H and O–H groups in total. The summed E-state index contributed by atoms with van der Waals surface area (Å²) >= 11 is -14.4. The van der Waals surface area contributed by atoms with E-state index in [0.29, 0.717) is 0 Å². The van der Waals surface area contributed by atoms with Crippen molar-refractivity contribution in [3.63, 3.8) is 0 Å². The van der Waals surface area contributed by atoms with Gasteiger partial charge in [-0.25, -0.2) is 0 Å². The van der Waals surface area contributed by atoms with Gasteiger partial charge >= 0.3 is 79.3 Å². The van der Waals surface area contributed by atoms with E-state index in [4.69, 9.17) is 41.9 Å². The molecule has 0 spiro atoms. The Morgan fingerprint density at radius 3 is 1.07 bits per heavy atom. The molecule has 0 aliphatic rings. The van der Waals surface area contributed by atoms with E-state index in [2.05, 4.69) is 0 Å². The van der Waals surface area contributed by atoms with Gasteiger partial charge in [-0.2, -0.15) is 0 Å². The molecule has 0 heterocycles. The molecule has 0 bridgehead atoms. The number of halogens is 1. The molecule has 0 atom stereocenters. The third kappa shape index (κ3) is 5690. The zero-order valence-corrected chi connectivity index (χ0v) is 10.4. The van der Waals surface area contributed by atoms with Crippen LogP contribution in [0.2, 0.25) is 0 Å². The van der Waals surface area contributed by atoms with Gasteiger partial charge in [-0.1, -0.05) is 0 Å². The Kier molecular flexibility index (Phi) is 12.6. The molecular weight excluding hydrogens is 410 g/mol. The Labute approximate surface area is 89.2 Å². The molecule has 0 saturated carbocycles. The van der Waals surface area contributed by atoms with Gasteiger partial charge in [0.25, 0.3) is 0 Å². The third-order valence-electron chi connectivity index (χ3n) is 0. The van der Waals surface area contributed by atoms with Gasteiger partial charge in [0, 0.05) is 0 Å². The summed E-state index contributed by atoms with van der Waals surface area (Å²) < 4.78 is 89.4. The molecule has 0 aliphatic heterocycles. The van der Waals surface area contributed by atoms with Crippen LogP contribution in [0, 0.1) is 0 Å². The van der Waals surface area contributed by atoms with Gasteiger partial charge < -0.3 is 6.87 Å². The van der Waals surface area contributed by atoms with Crippen molar-refractivity contribution >= 4 is 0 Å². The second-order valence-electron chi connectivity index (χ2n) is 1.04. The molecule has 0 aromatic carbocycles. The van der Waals surface area contributed by atoms with Crippen molar-refractivity contribution in [1.82, 2.24) is 0 Å². The molecule has 14 heavy (non-hydrogen) atoms. The number of rotatable bonds is 0. The summed E-state index contributed by atoms with van der Waals surface area (Å²) in [6, 6.07) is 0. The Balaban J connectivity index is -0.000000131. The van der Waals surface area contributed by atoms with Crippen molar-refractivity contribution in [2.24, 2.45) is 0 Å². The van der Waals surface area contributed by atoms with Crippen molar-refractivity contribution in [1.29, 1.82) is 0 Å². The van der Waals surface area contributed by atoms with Gasteiger partial charge in [0.05, 0.1) is 0 Å². The summed E-state index contributed by atoms with van der Waals surface area (Å²) in [4.78, 5) is 0. The van der Waals surface area contributed by atoms with E-state index in [1.807, 2.05) is 0 Å². The maximum atomic E-state index is 8.82. The molecular formula is H4CrIMnO11. The quantitative estimate of drug-likeness (QED) is 0.216. The molecule has 0 aromatic heterocycles. The first-order valence-corrected chi connectivity index (χ1v) is 8.69. The summed E-state index contributed by atoms with van der Waals surface area (Å²) in [5.74, 6) is 0. The van der Waals surface area contributed by atoms with Crippen LogP contribution in [0.4, 0.5) is 0 Å². The molecule has 11 nitrogen and oxygen atoms in total. The predicted octanol–water partition coefficient (Wildman–Crippen LogP) is -8.20. The molecule has 0 aliphatic carbocycles. The van der Waals surface area contributed by atoms with Gasteiger partial charge in [0.15, 0.2) is 0 Å². The Hall–Kier alpha value is 0.542. The molecule has 90 valence electrons. The molecule has 14 heteroatoms. The zero-order valence-electron chi connectivity index (χ0n) is 5.81. The molecule has 0 aromatic rings. The second kappa shape index (κ2) is 8.82. The molecule has 0 unspecified atom stereocenters. The molecule has 0 saturated heterocycles. The van der Waals surface area contributed by atoms with E-state index in [1.54, 1.807) is 0 Å². The van der Waals surface area contributed by atoms with Gasteiger partial charge in [0.1, 0.15) is 0 Å². The fourth-order valence-corrected chi connectivity index (χ4v) is 0. The van der Waals surface area contributed by atoms with Crippen LogP contribution in [-0.2, 0) is 45.7 Å². The van der Waals surface area contributed by atoms with Crippen LogP contribution in [0.15, 0.2) is 0 Å². The minimum atomic E-state index is -5.38. The van der Waals surface area contributed by atoms with Gasteiger partial charge in [-0.05, 0) is 3.44 Å². The van der Waals surface area contributed by atoms with Crippen LogP contribution in [0.3, 0.4) is 0 Å². The third-order valence-corrected chi connectivity index (χ3v) is 0. The van der Waals surface area contributed by atoms with Crippen molar-refractivity contribution in [3.05, 3.63) is 0 Å². The van der Waals surface area contributed by atoms with E-state index in [-0.39, 0.29) is 0 Å². The van der Waals surface area contributed by atoms with E-state index in [0.717, 1.165) is 0 Å². The monoisotopic (exact) mass is 414 g/mol. The normalized spacial score (nSPS) is 10.8. The number of hydrogen-bond donors (Lipinski definition) is 4. The molecule has 0 fully saturated rings. The topological polar surface area (TPSA) is 212 Å². The minimum absolute atomic E-state index is 3.76. The Morgan fingerprint density at radius 1 is 1.07 bits per heavy atom. The van der Waals surface area contributed by atoms with E-state index < -0.39 is 47.6 Å². The van der Waals surface area contributed by atoms with Crippen LogP contribution >= 0.6 is 0 Å². The van der Waals surface area contributed by atoms with Gasteiger partial charge in [-0.3, -0.25) is 0 Å². The summed E-state index contributed by atoms with van der Waals surface area (Å²) in [5.41, 5.74) is 0. The maximum absolute atomic E-state index is 8.82. The number of hydrogen-bond acceptors (Lipinski definition) is 8. The standard InChI is InChI=1S/Cr.HIO3.Mn.3H2O.5O/c;2-1(3)4;;;;;;;;;/h;2H;;3*1H2;;;;;/q+2;;+1;;;;;;;;/p-3. The van der Waals surface area contributed by atoms with Crippen LogP contribution in [0.5, 0.6) is 0 Å². The summed E-state index contributed by atoms with van der Waals surface area (Å²) in [5, 5.41) is 0. The first-order chi connectivity index (χ1) is 5.73. The zero-order chi connectivity index (χ0) is 12.6. The van der Waals surface area contributed by atoms with E-state index >= 15 is 0 Å². The van der Waals surface area contributed by atoms with Crippen molar-refractivity contribution in [2.75, 3.05) is 0 Å². The fraction of sp³-hybridized carbons (Fsp3) is 0. The second-order valence-corrected chi connectivity index (χ2v) is 4.83. The average molecular weight is 414 g/mol. The summed E-state index contributed by atoms with van der Waals surface area (Å²) in [7, 11) is 0. The molecule has 0 amide bonds. The molecule has 0 radical (unpaired) electrons. The van der Waals surface area contributed by atoms with Crippen LogP contribution in [0.1, 0.15) is 0 Å². The Morgan fingerprint density at radius 2 is 1.07 bits per heavy atom. The van der Waals surface area contributed by atoms with Crippen LogP contribution < -0.4 is 27.9 Å². The SMILES string of the molecule is [O-][I+2]([O-])O.[O]=[Cr](=[O])([OH])[OH].[O]=[Mn](=[O])(=[O])[OH]. The molecule has 0 rings (SSSR count). The summed E-state index contributed by atoms with van der Waals surface area (Å²) in [6.45, 7) is 0. The first kappa shape index (κ1) is 20.0. The van der Waals surface area contributed by atoms with Crippen LogP contribution in [0.25, 0.3) is 0 Å². The first-order valence-electron chi connectivity index (χ1n) is 1.81. The fourth-order valence-electron chi connectivity index (χ4n) is 0. The average Bonchev–Trinajstić information content (AvgIpc) is 1.45. The van der Waals surface area contributed by atoms with Gasteiger partial charge in [0.2, 0.25) is 0 Å². The van der Waals surface area contributed by atoms with E-state index in [1.165, 1.54) is 0 Å².